The van der Waals surface area contributed by atoms with Gasteiger partial charge in [0.2, 0.25) is 6.23 Å². The highest BCUT2D eigenvalue weighted by Gasteiger charge is 2.46. The zero-order valence-corrected chi connectivity index (χ0v) is 4.52. The molecule has 1 atom stereocenters. The fraction of sp³-hybridized carbons (Fsp3) is 1.00. The molecule has 0 spiro atoms. The Morgan fingerprint density at radius 2 is 1.78 bits per heavy atom. The monoisotopic (exact) mass is 141 g/mol. The van der Waals surface area contributed by atoms with Crippen molar-refractivity contribution in [1.29, 1.82) is 0 Å². The van der Waals surface area contributed by atoms with Crippen molar-refractivity contribution in [1.82, 2.24) is 4.90 Å². The molecule has 0 aliphatic carbocycles. The number of aliphatic hydroxyl groups is 1. The first-order valence-electron chi connectivity index (χ1n) is 2.50. The molecule has 0 aromatic heterocycles. The third-order valence-electron chi connectivity index (χ3n) is 1.12. The lowest BCUT2D eigenvalue weighted by molar-refractivity contribution is -0.231. The lowest BCUT2D eigenvalue weighted by Crippen LogP contribution is -2.35. The standard InChI is InChI=1S/C4H6F3NO/c5-4(6,7)3(9)8-1-2-8/h3,9H,1-2H2/t3-/m0/s1. The van der Waals surface area contributed by atoms with Crippen LogP contribution in [0.15, 0.2) is 0 Å². The van der Waals surface area contributed by atoms with Gasteiger partial charge in [0.05, 0.1) is 0 Å². The molecule has 2 nitrogen and oxygen atoms in total. The van der Waals surface area contributed by atoms with E-state index in [0.717, 1.165) is 4.90 Å². The number of aliphatic hydroxyl groups excluding tert-OH is 1. The van der Waals surface area contributed by atoms with Gasteiger partial charge in [-0.1, -0.05) is 0 Å². The molecular formula is C4H6F3NO. The van der Waals surface area contributed by atoms with Crippen LogP contribution in [0.3, 0.4) is 0 Å². The third-order valence-corrected chi connectivity index (χ3v) is 1.12. The maximum Gasteiger partial charge on any atom is 0.428 e. The smallest absolute Gasteiger partial charge is 0.370 e. The van der Waals surface area contributed by atoms with Gasteiger partial charge in [0.1, 0.15) is 0 Å². The molecule has 54 valence electrons. The lowest BCUT2D eigenvalue weighted by atomic mass is 10.5. The van der Waals surface area contributed by atoms with Crippen molar-refractivity contribution in [3.63, 3.8) is 0 Å². The Kier molecular flexibility index (Phi) is 1.40. The third kappa shape index (κ3) is 1.56. The minimum absolute atomic E-state index is 0.348. The minimum atomic E-state index is -4.48. The predicted octanol–water partition coefficient (Wildman–Crippen LogP) is 0.183. The van der Waals surface area contributed by atoms with Crippen LogP contribution < -0.4 is 0 Å². The fourth-order valence-electron chi connectivity index (χ4n) is 0.509. The molecule has 0 amide bonds. The summed E-state index contributed by atoms with van der Waals surface area (Å²) >= 11 is 0. The molecule has 1 aliphatic rings. The molecule has 0 aromatic carbocycles. The second-order valence-corrected chi connectivity index (χ2v) is 1.95. The summed E-state index contributed by atoms with van der Waals surface area (Å²) in [6, 6.07) is 0. The van der Waals surface area contributed by atoms with E-state index in [0.29, 0.717) is 13.1 Å². The van der Waals surface area contributed by atoms with Crippen LogP contribution in [0.2, 0.25) is 0 Å². The molecule has 1 fully saturated rings. The number of hydrogen-bond donors (Lipinski definition) is 1. The number of halogens is 3. The van der Waals surface area contributed by atoms with E-state index in [-0.39, 0.29) is 0 Å². The molecule has 1 aliphatic heterocycles. The summed E-state index contributed by atoms with van der Waals surface area (Å²) in [5, 5.41) is 8.33. The second-order valence-electron chi connectivity index (χ2n) is 1.95. The normalized spacial score (nSPS) is 24.0. The van der Waals surface area contributed by atoms with E-state index < -0.39 is 12.4 Å². The van der Waals surface area contributed by atoms with Gasteiger partial charge in [-0.2, -0.15) is 13.2 Å². The Balaban J connectivity index is 2.40. The van der Waals surface area contributed by atoms with Crippen LogP contribution in [0.1, 0.15) is 0 Å². The van der Waals surface area contributed by atoms with Gasteiger partial charge in [-0.3, -0.25) is 4.90 Å². The molecule has 0 radical (unpaired) electrons. The van der Waals surface area contributed by atoms with Gasteiger partial charge in [0, 0.05) is 13.1 Å². The van der Waals surface area contributed by atoms with Crippen molar-refractivity contribution < 1.29 is 18.3 Å². The molecular weight excluding hydrogens is 135 g/mol. The second kappa shape index (κ2) is 1.85. The van der Waals surface area contributed by atoms with Gasteiger partial charge in [0.15, 0.2) is 0 Å². The highest BCUT2D eigenvalue weighted by atomic mass is 19.4. The summed E-state index contributed by atoms with van der Waals surface area (Å²) in [6.45, 7) is 0.696. The van der Waals surface area contributed by atoms with E-state index in [9.17, 15) is 13.2 Å². The summed E-state index contributed by atoms with van der Waals surface area (Å²) in [5.74, 6) is 0. The van der Waals surface area contributed by atoms with Crippen molar-refractivity contribution >= 4 is 0 Å². The van der Waals surface area contributed by atoms with Gasteiger partial charge in [0.25, 0.3) is 0 Å². The number of hydrogen-bond acceptors (Lipinski definition) is 2. The zero-order valence-electron chi connectivity index (χ0n) is 4.52. The maximum absolute atomic E-state index is 11.4. The molecule has 1 rings (SSSR count). The van der Waals surface area contributed by atoms with Gasteiger partial charge >= 0.3 is 6.18 Å². The Morgan fingerprint density at radius 1 is 1.33 bits per heavy atom. The van der Waals surface area contributed by atoms with E-state index in [1.165, 1.54) is 0 Å². The molecule has 0 bridgehead atoms. The largest absolute Gasteiger partial charge is 0.428 e. The molecule has 1 saturated heterocycles. The van der Waals surface area contributed by atoms with Crippen LogP contribution in [-0.2, 0) is 0 Å². The number of nitrogens with zero attached hydrogens (tertiary/aromatic N) is 1. The molecule has 1 N–H and O–H groups in total. The van der Waals surface area contributed by atoms with Gasteiger partial charge in [-0.25, -0.2) is 0 Å². The molecule has 5 heteroatoms. The van der Waals surface area contributed by atoms with Crippen molar-refractivity contribution in [2.75, 3.05) is 13.1 Å². The van der Waals surface area contributed by atoms with E-state index in [2.05, 4.69) is 0 Å². The van der Waals surface area contributed by atoms with Crippen LogP contribution in [0.25, 0.3) is 0 Å². The maximum atomic E-state index is 11.4. The highest BCUT2D eigenvalue weighted by molar-refractivity contribution is 4.79. The van der Waals surface area contributed by atoms with Crippen LogP contribution in [-0.4, -0.2) is 35.5 Å². The van der Waals surface area contributed by atoms with Crippen LogP contribution in [0.4, 0.5) is 13.2 Å². The van der Waals surface area contributed by atoms with Crippen LogP contribution in [0.5, 0.6) is 0 Å². The fourth-order valence-corrected chi connectivity index (χ4v) is 0.509. The van der Waals surface area contributed by atoms with Gasteiger partial charge in [-0.15, -0.1) is 0 Å². The first-order chi connectivity index (χ1) is 4.02. The van der Waals surface area contributed by atoms with Gasteiger partial charge in [-0.05, 0) is 0 Å². The zero-order chi connectivity index (χ0) is 7.07. The van der Waals surface area contributed by atoms with Crippen LogP contribution in [0, 0.1) is 0 Å². The Hall–Kier alpha value is -0.290. The van der Waals surface area contributed by atoms with E-state index in [1.54, 1.807) is 0 Å². The van der Waals surface area contributed by atoms with E-state index >= 15 is 0 Å². The Bertz CT molecular complexity index is 109. The summed E-state index contributed by atoms with van der Waals surface area (Å²) in [7, 11) is 0. The SMILES string of the molecule is O[C@H](N1CC1)C(F)(F)F. The molecule has 1 heterocycles. The molecule has 0 aromatic rings. The highest BCUT2D eigenvalue weighted by Crippen LogP contribution is 2.26. The summed E-state index contributed by atoms with van der Waals surface area (Å²) in [6.07, 6.45) is -6.71. The molecule has 0 saturated carbocycles. The topological polar surface area (TPSA) is 23.2 Å². The first-order valence-corrected chi connectivity index (χ1v) is 2.50. The molecule has 0 unspecified atom stereocenters. The average molecular weight is 141 g/mol. The quantitative estimate of drug-likeness (QED) is 0.526. The van der Waals surface area contributed by atoms with Gasteiger partial charge < -0.3 is 5.11 Å². The summed E-state index contributed by atoms with van der Waals surface area (Å²) in [5.41, 5.74) is 0. The van der Waals surface area contributed by atoms with E-state index in [4.69, 9.17) is 5.11 Å². The number of alkyl halides is 3. The average Bonchev–Trinajstić information content (AvgIpc) is 2.40. The van der Waals surface area contributed by atoms with Crippen LogP contribution >= 0.6 is 0 Å². The predicted molar refractivity (Wildman–Crippen MR) is 23.6 cm³/mol. The Morgan fingerprint density at radius 3 is 1.89 bits per heavy atom. The minimum Gasteiger partial charge on any atom is -0.370 e. The first kappa shape index (κ1) is 6.82. The number of rotatable bonds is 1. The van der Waals surface area contributed by atoms with E-state index in [1.807, 2.05) is 0 Å². The summed E-state index contributed by atoms with van der Waals surface area (Å²) < 4.78 is 34.3. The molecule has 9 heavy (non-hydrogen) atoms. The lowest BCUT2D eigenvalue weighted by Gasteiger charge is -2.13. The summed E-state index contributed by atoms with van der Waals surface area (Å²) in [4.78, 5) is 0.931. The van der Waals surface area contributed by atoms with Crippen molar-refractivity contribution in [3.8, 4) is 0 Å². The Labute approximate surface area is 49.9 Å². The van der Waals surface area contributed by atoms with Crippen molar-refractivity contribution in [2.45, 2.75) is 12.4 Å². The van der Waals surface area contributed by atoms with Crippen molar-refractivity contribution in [2.24, 2.45) is 0 Å². The van der Waals surface area contributed by atoms with Crippen molar-refractivity contribution in [3.05, 3.63) is 0 Å².